The summed E-state index contributed by atoms with van der Waals surface area (Å²) in [5.41, 5.74) is -2.85. The van der Waals surface area contributed by atoms with E-state index in [1.165, 1.54) is 17.0 Å². The van der Waals surface area contributed by atoms with Crippen LogP contribution in [0.2, 0.25) is 0 Å². The van der Waals surface area contributed by atoms with Gasteiger partial charge in [-0.2, -0.15) is 0 Å². The highest BCUT2D eigenvalue weighted by atomic mass is 16.6. The Morgan fingerprint density at radius 3 is 2.62 bits per heavy atom. The first-order valence-electron chi connectivity index (χ1n) is 7.66. The lowest BCUT2D eigenvalue weighted by Gasteiger charge is -2.19. The van der Waals surface area contributed by atoms with Crippen LogP contribution in [-0.2, 0) is 16.1 Å². The minimum absolute atomic E-state index is 0.0412. The molecule has 1 aromatic rings. The van der Waals surface area contributed by atoms with E-state index in [0.717, 1.165) is 0 Å². The summed E-state index contributed by atoms with van der Waals surface area (Å²) < 4.78 is 23.1. The molecule has 116 valence electrons. The van der Waals surface area contributed by atoms with Crippen molar-refractivity contribution in [1.29, 1.82) is 0 Å². The molecule has 0 aromatic carbocycles. The largest absolute Gasteiger partial charge is 0.480 e. The molecule has 9 nitrogen and oxygen atoms in total. The van der Waals surface area contributed by atoms with Crippen molar-refractivity contribution in [2.24, 2.45) is 5.41 Å². The van der Waals surface area contributed by atoms with Crippen LogP contribution in [0, 0.1) is 15.5 Å². The fraction of sp³-hybridized carbons (Fsp3) is 0.583. The highest BCUT2D eigenvalue weighted by molar-refractivity contribution is 5.97. The summed E-state index contributed by atoms with van der Waals surface area (Å²) in [6.45, 7) is -2.95. The summed E-state index contributed by atoms with van der Waals surface area (Å²) in [7, 11) is 0. The van der Waals surface area contributed by atoms with Crippen molar-refractivity contribution >= 4 is 17.9 Å². The second kappa shape index (κ2) is 6.82. The second-order valence-corrected chi connectivity index (χ2v) is 4.50. The molecule has 0 saturated heterocycles. The van der Waals surface area contributed by atoms with Gasteiger partial charge in [0, 0.05) is 4.11 Å². The van der Waals surface area contributed by atoms with Crippen molar-refractivity contribution < 1.29 is 28.8 Å². The molecule has 0 unspecified atom stereocenters. The van der Waals surface area contributed by atoms with Gasteiger partial charge in [0.2, 0.25) is 0 Å². The van der Waals surface area contributed by atoms with Gasteiger partial charge in [-0.1, -0.05) is 17.8 Å². The van der Waals surface area contributed by atoms with Crippen LogP contribution in [0.3, 0.4) is 0 Å². The molecular weight excluding hydrogens is 282 g/mol. The Kier molecular flexibility index (Phi) is 4.00. The Hall–Kier alpha value is -2.45. The molecule has 1 rings (SSSR count). The lowest BCUT2D eigenvalue weighted by molar-refractivity contribution is -0.396. The van der Waals surface area contributed by atoms with Gasteiger partial charge in [-0.3, -0.25) is 9.59 Å². The molecule has 0 radical (unpaired) electrons. The standard InChI is InChI=1S/C12H17N3O6/c1-12(9(16)17,10(18)19)5-3-2-4-7-14-8-6-13-11(14)15(20)21/h6,8H,2-5,7H2,1H3,(H,16,17)(H,18,19)/i1T3. The maximum absolute atomic E-state index is 11.3. The van der Waals surface area contributed by atoms with Gasteiger partial charge in [0.1, 0.15) is 12.4 Å². The third-order valence-electron chi connectivity index (χ3n) is 3.04. The van der Waals surface area contributed by atoms with Crippen LogP contribution >= 0.6 is 0 Å². The molecule has 0 aliphatic heterocycles. The average molecular weight is 305 g/mol. The number of hydrogen-bond acceptors (Lipinski definition) is 5. The Labute approximate surface area is 124 Å². The first-order valence-corrected chi connectivity index (χ1v) is 6.16. The first kappa shape index (κ1) is 12.3. The summed E-state index contributed by atoms with van der Waals surface area (Å²) in [6, 6.07) is 0. The van der Waals surface area contributed by atoms with Gasteiger partial charge in [0.05, 0.1) is 6.54 Å². The van der Waals surface area contributed by atoms with Crippen LogP contribution in [0.25, 0.3) is 0 Å². The number of rotatable bonds is 9. The van der Waals surface area contributed by atoms with Gasteiger partial charge in [-0.15, -0.1) is 0 Å². The van der Waals surface area contributed by atoms with Gasteiger partial charge >= 0.3 is 17.9 Å². The maximum Gasteiger partial charge on any atom is 0.434 e. The average Bonchev–Trinajstić information content (AvgIpc) is 2.88. The van der Waals surface area contributed by atoms with E-state index in [1.807, 2.05) is 0 Å². The summed E-state index contributed by atoms with van der Waals surface area (Å²) >= 11 is 0. The van der Waals surface area contributed by atoms with Crippen LogP contribution in [0.4, 0.5) is 5.95 Å². The van der Waals surface area contributed by atoms with E-state index in [2.05, 4.69) is 4.98 Å². The fourth-order valence-corrected chi connectivity index (χ4v) is 1.80. The molecule has 2 N–H and O–H groups in total. The number of hydrogen-bond donors (Lipinski definition) is 2. The van der Waals surface area contributed by atoms with Crippen LogP contribution in [-0.4, -0.2) is 36.6 Å². The summed E-state index contributed by atoms with van der Waals surface area (Å²) in [6.07, 6.45) is 2.87. The molecule has 9 heteroatoms. The zero-order chi connectivity index (χ0) is 18.5. The van der Waals surface area contributed by atoms with Crippen molar-refractivity contribution in [2.75, 3.05) is 0 Å². The fourth-order valence-electron chi connectivity index (χ4n) is 1.80. The second-order valence-electron chi connectivity index (χ2n) is 4.50. The van der Waals surface area contributed by atoms with Gasteiger partial charge in [0.25, 0.3) is 0 Å². The Morgan fingerprint density at radius 1 is 1.43 bits per heavy atom. The van der Waals surface area contributed by atoms with Gasteiger partial charge in [-0.05, 0) is 24.6 Å². The number of aliphatic carboxylic acids is 2. The van der Waals surface area contributed by atoms with Crippen molar-refractivity contribution in [3.05, 3.63) is 22.5 Å². The smallest absolute Gasteiger partial charge is 0.434 e. The third kappa shape index (κ3) is 4.01. The Balaban J connectivity index is 2.64. The Bertz CT molecular complexity index is 614. The van der Waals surface area contributed by atoms with E-state index in [9.17, 15) is 19.7 Å². The van der Waals surface area contributed by atoms with E-state index in [0.29, 0.717) is 12.8 Å². The van der Waals surface area contributed by atoms with Crippen LogP contribution in [0.1, 0.15) is 36.6 Å². The molecule has 0 atom stereocenters. The molecule has 0 aliphatic rings. The Morgan fingerprint density at radius 2 is 2.10 bits per heavy atom. The van der Waals surface area contributed by atoms with E-state index >= 15 is 0 Å². The number of nitro groups is 1. The van der Waals surface area contributed by atoms with Crippen LogP contribution < -0.4 is 0 Å². The predicted molar refractivity (Wildman–Crippen MR) is 70.7 cm³/mol. The number of imidazole rings is 1. The monoisotopic (exact) mass is 305 g/mol. The molecule has 0 aliphatic carbocycles. The molecule has 0 spiro atoms. The minimum atomic E-state index is -3.19. The zero-order valence-corrected chi connectivity index (χ0v) is 11.1. The highest BCUT2D eigenvalue weighted by Crippen LogP contribution is 2.25. The van der Waals surface area contributed by atoms with E-state index < -0.39 is 35.5 Å². The molecule has 0 amide bonds. The maximum atomic E-state index is 11.3. The SMILES string of the molecule is [3H]C([3H])([3H])C(CCCCCn1ccnc1[N+](=O)[O-])(C(=O)O)C(=O)O. The molecule has 0 fully saturated rings. The van der Waals surface area contributed by atoms with Crippen molar-refractivity contribution in [3.63, 3.8) is 0 Å². The van der Waals surface area contributed by atoms with Crippen LogP contribution in [0.15, 0.2) is 12.4 Å². The lowest BCUT2D eigenvalue weighted by Crippen LogP contribution is -2.36. The first-order chi connectivity index (χ1) is 11.0. The predicted octanol–water partition coefficient (Wildman–Crippen LogP) is 1.53. The van der Waals surface area contributed by atoms with E-state index in [4.69, 9.17) is 14.3 Å². The number of nitrogens with zero attached hydrogens (tertiary/aromatic N) is 3. The summed E-state index contributed by atoms with van der Waals surface area (Å²) in [4.78, 5) is 36.1. The molecule has 1 aromatic heterocycles. The van der Waals surface area contributed by atoms with Crippen molar-refractivity contribution in [1.82, 2.24) is 9.55 Å². The topological polar surface area (TPSA) is 136 Å². The lowest BCUT2D eigenvalue weighted by atomic mass is 9.85. The van der Waals surface area contributed by atoms with E-state index in [-0.39, 0.29) is 18.9 Å². The number of unbranched alkanes of at least 4 members (excludes halogenated alkanes) is 2. The molecule has 1 heterocycles. The molecule has 0 saturated carbocycles. The molecule has 0 bridgehead atoms. The van der Waals surface area contributed by atoms with Gasteiger partial charge < -0.3 is 20.3 Å². The normalized spacial score (nSPS) is 14.0. The minimum Gasteiger partial charge on any atom is -0.480 e. The van der Waals surface area contributed by atoms with Gasteiger partial charge in [-0.25, -0.2) is 4.57 Å². The zero-order valence-electron chi connectivity index (χ0n) is 14.1. The number of aromatic nitrogens is 2. The molecular formula is C12H17N3O6. The third-order valence-corrected chi connectivity index (χ3v) is 3.04. The quantitative estimate of drug-likeness (QED) is 0.305. The van der Waals surface area contributed by atoms with E-state index in [1.54, 1.807) is 0 Å². The number of carboxylic acids is 2. The van der Waals surface area contributed by atoms with Crippen molar-refractivity contribution in [3.8, 4) is 0 Å². The van der Waals surface area contributed by atoms with Gasteiger partial charge in [0.15, 0.2) is 5.41 Å². The number of aryl methyl sites for hydroxylation is 1. The summed E-state index contributed by atoms with van der Waals surface area (Å²) in [5.74, 6) is -4.14. The van der Waals surface area contributed by atoms with Crippen molar-refractivity contribution in [2.45, 2.75) is 39.1 Å². The molecule has 21 heavy (non-hydrogen) atoms. The van der Waals surface area contributed by atoms with Crippen LogP contribution in [0.5, 0.6) is 0 Å². The highest BCUT2D eigenvalue weighted by Gasteiger charge is 2.40. The summed E-state index contributed by atoms with van der Waals surface area (Å²) in [5, 5.41) is 28.9. The number of carboxylic acid groups (broad SMARTS) is 2. The number of carbonyl (C=O) groups is 2.